The SMILES string of the molecule is C[C](C)=[Ti]([O]c1cc(Cl)cc(C(C)(C)C)c1)[C]1=C([Si](C)(C)C)C=CC1.Cl.Cl. The van der Waals surface area contributed by atoms with Crippen LogP contribution in [0.2, 0.25) is 24.7 Å². The van der Waals surface area contributed by atoms with Gasteiger partial charge in [-0.3, -0.25) is 0 Å². The Morgan fingerprint density at radius 1 is 1.07 bits per heavy atom. The van der Waals surface area contributed by atoms with Crippen molar-refractivity contribution in [3.05, 3.63) is 50.0 Å². The topological polar surface area (TPSA) is 9.23 Å². The fourth-order valence-corrected chi connectivity index (χ4v) is 10.1. The van der Waals surface area contributed by atoms with Crippen molar-refractivity contribution in [1.82, 2.24) is 0 Å². The smallest absolute Gasteiger partial charge is 0.147 e. The molecule has 0 bridgehead atoms. The normalized spacial score (nSPS) is 13.8. The Kier molecular flexibility index (Phi) is 10.3. The second-order valence-corrected chi connectivity index (χ2v) is 18.4. The van der Waals surface area contributed by atoms with E-state index in [2.05, 4.69) is 78.5 Å². The summed E-state index contributed by atoms with van der Waals surface area (Å²) < 4.78 is 9.72. The summed E-state index contributed by atoms with van der Waals surface area (Å²) in [5.74, 6) is 0.933. The largest absolute Gasteiger partial charge is 0.147 e. The van der Waals surface area contributed by atoms with Crippen LogP contribution in [-0.2, 0) is 23.2 Å². The van der Waals surface area contributed by atoms with E-state index in [1.165, 1.54) is 9.37 Å². The van der Waals surface area contributed by atoms with Gasteiger partial charge in [-0.05, 0) is 0 Å². The van der Waals surface area contributed by atoms with Crippen molar-refractivity contribution in [2.24, 2.45) is 0 Å². The Morgan fingerprint density at radius 2 is 1.67 bits per heavy atom. The zero-order valence-corrected chi connectivity index (χ0v) is 22.6. The van der Waals surface area contributed by atoms with Crippen LogP contribution in [0.15, 0.2) is 39.4 Å². The maximum absolute atomic E-state index is 6.67. The van der Waals surface area contributed by atoms with Crippen LogP contribution in [0.4, 0.5) is 0 Å². The molecule has 1 aliphatic carbocycles. The van der Waals surface area contributed by atoms with Crippen LogP contribution in [0.5, 0.6) is 5.75 Å². The van der Waals surface area contributed by atoms with Gasteiger partial charge in [0.1, 0.15) is 0 Å². The quantitative estimate of drug-likeness (QED) is 0.399. The van der Waals surface area contributed by atoms with Crippen molar-refractivity contribution >= 4 is 48.3 Å². The summed E-state index contributed by atoms with van der Waals surface area (Å²) in [4.78, 5) is 0. The molecule has 0 heterocycles. The molecule has 0 aromatic heterocycles. The molecule has 0 unspecified atom stereocenters. The number of rotatable bonds is 4. The Bertz CT molecular complexity index is 765. The monoisotopic (exact) mass is 482 g/mol. The van der Waals surface area contributed by atoms with E-state index >= 15 is 0 Å². The minimum absolute atomic E-state index is 0. The van der Waals surface area contributed by atoms with Crippen LogP contribution in [0.25, 0.3) is 0 Å². The van der Waals surface area contributed by atoms with Crippen molar-refractivity contribution in [1.29, 1.82) is 0 Å². The molecule has 1 aromatic carbocycles. The van der Waals surface area contributed by atoms with Gasteiger partial charge in [-0.1, -0.05) is 0 Å². The summed E-state index contributed by atoms with van der Waals surface area (Å²) in [7, 11) is -1.35. The van der Waals surface area contributed by atoms with Gasteiger partial charge in [0.2, 0.25) is 0 Å². The van der Waals surface area contributed by atoms with Gasteiger partial charge in [0.15, 0.2) is 0 Å². The zero-order chi connectivity index (χ0) is 19.0. The fraction of sp³-hybridized carbons (Fsp3) is 0.476. The van der Waals surface area contributed by atoms with E-state index in [-0.39, 0.29) is 30.2 Å². The molecule has 1 aromatic rings. The van der Waals surface area contributed by atoms with Gasteiger partial charge < -0.3 is 0 Å². The van der Waals surface area contributed by atoms with Crippen molar-refractivity contribution in [3.8, 4) is 5.75 Å². The van der Waals surface area contributed by atoms with Gasteiger partial charge in [0.05, 0.1) is 0 Å². The summed E-state index contributed by atoms with van der Waals surface area (Å²) in [6.07, 6.45) is 5.74. The molecule has 0 saturated carbocycles. The Morgan fingerprint density at radius 3 is 2.15 bits per heavy atom. The van der Waals surface area contributed by atoms with Crippen LogP contribution >= 0.6 is 36.4 Å². The predicted molar refractivity (Wildman–Crippen MR) is 126 cm³/mol. The van der Waals surface area contributed by atoms with Crippen LogP contribution < -0.4 is 3.32 Å². The summed E-state index contributed by atoms with van der Waals surface area (Å²) in [6.45, 7) is 18.4. The molecule has 2 rings (SSSR count). The van der Waals surface area contributed by atoms with Gasteiger partial charge in [-0.15, -0.1) is 24.8 Å². The molecule has 0 aliphatic heterocycles. The summed E-state index contributed by atoms with van der Waals surface area (Å²) in [5.41, 5.74) is 1.29. The zero-order valence-electron chi connectivity index (χ0n) is 17.7. The second kappa shape index (κ2) is 10.3. The van der Waals surface area contributed by atoms with E-state index in [9.17, 15) is 0 Å². The molecule has 0 amide bonds. The van der Waals surface area contributed by atoms with Gasteiger partial charge in [0.25, 0.3) is 0 Å². The fourth-order valence-electron chi connectivity index (χ4n) is 3.06. The van der Waals surface area contributed by atoms with Gasteiger partial charge in [-0.25, -0.2) is 0 Å². The molecular formula is C21H33Cl3OSiTi. The van der Waals surface area contributed by atoms with E-state index < -0.39 is 25.9 Å². The molecule has 0 spiro atoms. The van der Waals surface area contributed by atoms with Crippen molar-refractivity contribution in [2.45, 2.75) is 66.1 Å². The van der Waals surface area contributed by atoms with Crippen LogP contribution in [0, 0.1) is 0 Å². The van der Waals surface area contributed by atoms with Gasteiger partial charge in [0, 0.05) is 0 Å². The maximum Gasteiger partial charge on any atom is -0.147 e. The molecule has 0 saturated heterocycles. The molecule has 1 aliphatic rings. The second-order valence-electron chi connectivity index (χ2n) is 9.11. The third-order valence-electron chi connectivity index (χ3n) is 4.43. The standard InChI is InChI=1S/C10H13ClO.C8H13Si.C3H6.2ClH.Ti/c1-10(2,3)7-4-8(11)6-9(12)5-7;1-9(2,3)8-6-4-5-7-8;1-3-2;;;/h4-6,12H,1-3H3;4,6H,5H2,1-3H3;1-2H3;2*1H;/q;;;;;+1/p-1. The third-order valence-corrected chi connectivity index (χ3v) is 10.8. The molecule has 6 heteroatoms. The van der Waals surface area contributed by atoms with E-state index in [0.717, 1.165) is 17.2 Å². The van der Waals surface area contributed by atoms with E-state index in [1.54, 1.807) is 9.07 Å². The molecule has 152 valence electrons. The maximum atomic E-state index is 6.67. The number of benzene rings is 1. The average molecular weight is 484 g/mol. The summed E-state index contributed by atoms with van der Waals surface area (Å²) in [5, 5.41) is 2.36. The van der Waals surface area contributed by atoms with Crippen molar-refractivity contribution < 1.29 is 21.1 Å². The van der Waals surface area contributed by atoms with E-state index in [0.29, 0.717) is 0 Å². The molecule has 0 radical (unpaired) electrons. The summed E-state index contributed by atoms with van der Waals surface area (Å²) in [6, 6.07) is 6.21. The first-order valence-electron chi connectivity index (χ1n) is 8.96. The molecular weight excluding hydrogens is 451 g/mol. The first-order chi connectivity index (χ1) is 11.4. The van der Waals surface area contributed by atoms with E-state index in [4.69, 9.17) is 14.9 Å². The minimum atomic E-state index is -1.96. The number of allylic oxidation sites excluding steroid dienone is 4. The average Bonchev–Trinajstić information content (AvgIpc) is 2.92. The first-order valence-corrected chi connectivity index (χ1v) is 15.0. The Balaban J connectivity index is 0.00000338. The molecule has 0 N–H and O–H groups in total. The number of hydrogen-bond acceptors (Lipinski definition) is 1. The Hall–Kier alpha value is 0.171. The predicted octanol–water partition coefficient (Wildman–Crippen LogP) is 7.70. The van der Waals surface area contributed by atoms with Crippen LogP contribution in [0.3, 0.4) is 0 Å². The first kappa shape index (κ1) is 27.2. The molecule has 27 heavy (non-hydrogen) atoms. The van der Waals surface area contributed by atoms with Crippen molar-refractivity contribution in [2.75, 3.05) is 0 Å². The summed E-state index contributed by atoms with van der Waals surface area (Å²) >= 11 is 4.44. The number of halogens is 3. The third kappa shape index (κ3) is 7.17. The molecule has 0 atom stereocenters. The molecule has 0 fully saturated rings. The van der Waals surface area contributed by atoms with E-state index in [1.807, 2.05) is 6.07 Å². The number of hydrogen-bond donors (Lipinski definition) is 0. The van der Waals surface area contributed by atoms with Crippen LogP contribution in [-0.4, -0.2) is 11.9 Å². The van der Waals surface area contributed by atoms with Crippen molar-refractivity contribution in [3.63, 3.8) is 0 Å². The van der Waals surface area contributed by atoms with Gasteiger partial charge in [-0.2, -0.15) is 0 Å². The van der Waals surface area contributed by atoms with Gasteiger partial charge >= 0.3 is 166 Å². The molecule has 1 nitrogen and oxygen atoms in total. The minimum Gasteiger partial charge on any atom is -0.147 e. The van der Waals surface area contributed by atoms with Crippen LogP contribution in [0.1, 0.15) is 46.6 Å². The Labute approximate surface area is 190 Å².